The van der Waals surface area contributed by atoms with Crippen LogP contribution < -0.4 is 5.32 Å². The third-order valence-electron chi connectivity index (χ3n) is 5.59. The number of imidazole rings is 1. The zero-order valence-electron chi connectivity index (χ0n) is 18.4. The van der Waals surface area contributed by atoms with Gasteiger partial charge in [-0.1, -0.05) is 0 Å². The molecule has 34 heavy (non-hydrogen) atoms. The van der Waals surface area contributed by atoms with Crippen molar-refractivity contribution in [1.29, 1.82) is 0 Å². The van der Waals surface area contributed by atoms with Crippen molar-refractivity contribution < 1.29 is 28.9 Å². The predicted octanol–water partition coefficient (Wildman–Crippen LogP) is 3.48. The van der Waals surface area contributed by atoms with Gasteiger partial charge in [-0.15, -0.1) is 0 Å². The summed E-state index contributed by atoms with van der Waals surface area (Å²) in [4.78, 5) is 30.7. The molecule has 11 heteroatoms. The van der Waals surface area contributed by atoms with Crippen LogP contribution in [0.4, 0.5) is 10.1 Å². The average molecular weight is 535 g/mol. The summed E-state index contributed by atoms with van der Waals surface area (Å²) >= 11 is 3.14. The van der Waals surface area contributed by atoms with Crippen LogP contribution in [-0.2, 0) is 16.1 Å². The highest BCUT2D eigenvalue weighted by molar-refractivity contribution is 9.10. The summed E-state index contributed by atoms with van der Waals surface area (Å²) in [5, 5.41) is 22.9. The summed E-state index contributed by atoms with van der Waals surface area (Å²) in [6, 6.07) is 6.12. The number of piperidine rings is 1. The monoisotopic (exact) mass is 534 g/mol. The van der Waals surface area contributed by atoms with Crippen molar-refractivity contribution in [2.45, 2.75) is 26.1 Å². The highest BCUT2D eigenvalue weighted by Crippen LogP contribution is 2.33. The zero-order chi connectivity index (χ0) is 24.4. The minimum absolute atomic E-state index is 0.0255. The van der Waals surface area contributed by atoms with Crippen LogP contribution in [-0.4, -0.2) is 62.2 Å². The molecule has 3 heterocycles. The van der Waals surface area contributed by atoms with Gasteiger partial charge in [0, 0.05) is 37.6 Å². The number of nitrogens with zero attached hydrogens (tertiary/aromatic N) is 3. The number of aromatic nitrogens is 2. The number of carbonyl (C=O) groups is 2. The lowest BCUT2D eigenvalue weighted by Crippen LogP contribution is -2.45. The molecule has 2 unspecified atom stereocenters. The average Bonchev–Trinajstić information content (AvgIpc) is 3.21. The van der Waals surface area contributed by atoms with Crippen LogP contribution >= 0.6 is 15.9 Å². The Morgan fingerprint density at radius 3 is 2.79 bits per heavy atom. The Kier molecular flexibility index (Phi) is 7.03. The number of anilines is 1. The zero-order valence-corrected chi connectivity index (χ0v) is 20.0. The van der Waals surface area contributed by atoms with Gasteiger partial charge in [0.1, 0.15) is 23.3 Å². The van der Waals surface area contributed by atoms with Crippen LogP contribution in [0.3, 0.4) is 0 Å². The number of ether oxygens (including phenoxy) is 1. The molecule has 2 aromatic heterocycles. The highest BCUT2D eigenvalue weighted by atomic mass is 79.9. The molecule has 2 atom stereocenters. The van der Waals surface area contributed by atoms with Gasteiger partial charge in [-0.3, -0.25) is 9.69 Å². The number of phenolic OH excluding ortho intramolecular Hbond substituents is 2. The second kappa shape index (κ2) is 9.98. The number of aromatic hydroxyl groups is 2. The summed E-state index contributed by atoms with van der Waals surface area (Å²) in [5.41, 5.74) is 1.60. The highest BCUT2D eigenvalue weighted by Gasteiger charge is 2.32. The topological polar surface area (TPSA) is 116 Å². The van der Waals surface area contributed by atoms with E-state index in [1.165, 1.54) is 18.3 Å². The number of amides is 1. The van der Waals surface area contributed by atoms with Crippen LogP contribution in [0.5, 0.6) is 11.5 Å². The number of carbonyl (C=O) groups excluding carboxylic acids is 2. The lowest BCUT2D eigenvalue weighted by atomic mass is 9.95. The molecule has 1 aliphatic heterocycles. The van der Waals surface area contributed by atoms with Crippen molar-refractivity contribution in [3.63, 3.8) is 0 Å². The smallest absolute Gasteiger partial charge is 0.358 e. The van der Waals surface area contributed by atoms with Gasteiger partial charge in [-0.25, -0.2) is 14.2 Å². The number of benzene rings is 1. The van der Waals surface area contributed by atoms with Gasteiger partial charge in [-0.05, 0) is 53.5 Å². The molecule has 3 N–H and O–H groups in total. The lowest BCUT2D eigenvalue weighted by Gasteiger charge is -2.34. The number of pyridine rings is 1. The number of nitrogens with one attached hydrogen (secondary N) is 1. The number of alkyl halides is 1. The SMILES string of the molecule is CCOC(=O)c1cn2cc(NC(=O)C3CC(F)CN(Cc4cc(O)c(Br)cc4O)C3)ccc2n1. The molecule has 0 bridgehead atoms. The lowest BCUT2D eigenvalue weighted by molar-refractivity contribution is -0.122. The maximum atomic E-state index is 14.5. The van der Waals surface area contributed by atoms with E-state index in [0.29, 0.717) is 27.9 Å². The molecule has 1 fully saturated rings. The summed E-state index contributed by atoms with van der Waals surface area (Å²) < 4.78 is 21.4. The fourth-order valence-electron chi connectivity index (χ4n) is 4.02. The summed E-state index contributed by atoms with van der Waals surface area (Å²) in [6.45, 7) is 2.56. The van der Waals surface area contributed by atoms with Crippen LogP contribution in [0.1, 0.15) is 29.4 Å². The van der Waals surface area contributed by atoms with Gasteiger partial charge in [-0.2, -0.15) is 0 Å². The third-order valence-corrected chi connectivity index (χ3v) is 6.23. The van der Waals surface area contributed by atoms with Crippen LogP contribution in [0.2, 0.25) is 0 Å². The Hall–Kier alpha value is -3.18. The van der Waals surface area contributed by atoms with E-state index in [0.717, 1.165) is 0 Å². The van der Waals surface area contributed by atoms with E-state index in [9.17, 15) is 24.2 Å². The Morgan fingerprint density at radius 1 is 1.24 bits per heavy atom. The molecule has 1 amide bonds. The maximum Gasteiger partial charge on any atom is 0.358 e. The first kappa shape index (κ1) is 24.0. The van der Waals surface area contributed by atoms with E-state index in [-0.39, 0.29) is 49.2 Å². The van der Waals surface area contributed by atoms with Crippen molar-refractivity contribution in [2.24, 2.45) is 5.92 Å². The predicted molar refractivity (Wildman–Crippen MR) is 126 cm³/mol. The molecule has 1 aromatic carbocycles. The number of hydrogen-bond acceptors (Lipinski definition) is 7. The van der Waals surface area contributed by atoms with E-state index in [4.69, 9.17) is 4.74 Å². The fourth-order valence-corrected chi connectivity index (χ4v) is 4.35. The minimum Gasteiger partial charge on any atom is -0.508 e. The molecule has 0 radical (unpaired) electrons. The largest absolute Gasteiger partial charge is 0.508 e. The Morgan fingerprint density at radius 2 is 2.03 bits per heavy atom. The second-order valence-electron chi connectivity index (χ2n) is 8.18. The van der Waals surface area contributed by atoms with Crippen molar-refractivity contribution in [2.75, 3.05) is 25.0 Å². The number of halogens is 2. The first-order chi connectivity index (χ1) is 16.2. The second-order valence-corrected chi connectivity index (χ2v) is 9.03. The molecule has 0 spiro atoms. The molecule has 1 aliphatic rings. The van der Waals surface area contributed by atoms with E-state index in [1.807, 2.05) is 0 Å². The number of rotatable bonds is 6. The Bertz CT molecular complexity index is 1230. The van der Waals surface area contributed by atoms with Gasteiger partial charge in [0.2, 0.25) is 5.91 Å². The summed E-state index contributed by atoms with van der Waals surface area (Å²) in [7, 11) is 0. The molecule has 0 aliphatic carbocycles. The van der Waals surface area contributed by atoms with Crippen LogP contribution in [0.15, 0.2) is 41.1 Å². The number of phenols is 2. The van der Waals surface area contributed by atoms with Gasteiger partial charge >= 0.3 is 5.97 Å². The minimum atomic E-state index is -1.21. The normalized spacial score (nSPS) is 18.7. The van der Waals surface area contributed by atoms with Crippen LogP contribution in [0.25, 0.3) is 5.65 Å². The molecule has 180 valence electrons. The number of hydrogen-bond donors (Lipinski definition) is 3. The van der Waals surface area contributed by atoms with Gasteiger partial charge in [0.15, 0.2) is 5.69 Å². The standard InChI is InChI=1S/C23H24BrFN4O5/c1-2-34-23(33)18-12-29-11-16(3-4-21(29)27-18)26-22(32)14-5-15(25)10-28(9-14)8-13-6-20(31)17(24)7-19(13)30/h3-4,6-7,11-12,14-15,30-31H,2,5,8-10H2,1H3,(H,26,32). The summed E-state index contributed by atoms with van der Waals surface area (Å²) in [6.07, 6.45) is 2.02. The molecule has 1 saturated heterocycles. The summed E-state index contributed by atoms with van der Waals surface area (Å²) in [5.74, 6) is -1.53. The van der Waals surface area contributed by atoms with Gasteiger partial charge in [0.05, 0.1) is 22.7 Å². The molecule has 4 rings (SSSR count). The third kappa shape index (κ3) is 5.31. The van der Waals surface area contributed by atoms with Crippen molar-refractivity contribution >= 4 is 39.1 Å². The molecular formula is C23H24BrFN4O5. The van der Waals surface area contributed by atoms with E-state index in [2.05, 4.69) is 26.2 Å². The number of esters is 1. The first-order valence-corrected chi connectivity index (χ1v) is 11.6. The van der Waals surface area contributed by atoms with Crippen molar-refractivity contribution in [1.82, 2.24) is 14.3 Å². The fraction of sp³-hybridized carbons (Fsp3) is 0.348. The van der Waals surface area contributed by atoms with Crippen molar-refractivity contribution in [3.8, 4) is 11.5 Å². The maximum absolute atomic E-state index is 14.5. The van der Waals surface area contributed by atoms with E-state index < -0.39 is 18.1 Å². The number of fused-ring (bicyclic) bond motifs is 1. The molecular weight excluding hydrogens is 511 g/mol. The molecule has 9 nitrogen and oxygen atoms in total. The van der Waals surface area contributed by atoms with Crippen LogP contribution in [0, 0.1) is 5.92 Å². The molecule has 0 saturated carbocycles. The van der Waals surface area contributed by atoms with E-state index >= 15 is 0 Å². The van der Waals surface area contributed by atoms with Crippen molar-refractivity contribution in [3.05, 3.63) is 52.4 Å². The van der Waals surface area contributed by atoms with Gasteiger partial charge in [0.25, 0.3) is 0 Å². The Labute approximate surface area is 203 Å². The quantitative estimate of drug-likeness (QED) is 0.327. The van der Waals surface area contributed by atoms with E-state index in [1.54, 1.807) is 34.6 Å². The first-order valence-electron chi connectivity index (χ1n) is 10.8. The Balaban J connectivity index is 1.44. The molecule has 3 aromatic rings. The number of likely N-dealkylation sites (tertiary alicyclic amines) is 1. The van der Waals surface area contributed by atoms with Gasteiger partial charge < -0.3 is 24.7 Å².